The van der Waals surface area contributed by atoms with Crippen LogP contribution in [0.2, 0.25) is 0 Å². The monoisotopic (exact) mass is 362 g/mol. The van der Waals surface area contributed by atoms with E-state index in [1.165, 1.54) is 17.3 Å². The van der Waals surface area contributed by atoms with Gasteiger partial charge in [0.25, 0.3) is 0 Å². The molecule has 0 aromatic heterocycles. The van der Waals surface area contributed by atoms with Crippen LogP contribution in [0.3, 0.4) is 0 Å². The van der Waals surface area contributed by atoms with Gasteiger partial charge in [-0.3, -0.25) is 0 Å². The van der Waals surface area contributed by atoms with Crippen LogP contribution in [-0.2, 0) is 16.6 Å². The molecule has 0 radical (unpaired) electrons. The molecule has 2 aromatic rings. The zero-order chi connectivity index (χ0) is 18.2. The van der Waals surface area contributed by atoms with Crippen molar-refractivity contribution in [3.8, 4) is 0 Å². The lowest BCUT2D eigenvalue weighted by atomic mass is 10.2. The second-order valence-electron chi connectivity index (χ2n) is 6.73. The van der Waals surface area contributed by atoms with Crippen LogP contribution >= 0.6 is 0 Å². The fraction of sp³-hybridized carbons (Fsp3) is 0.368. The van der Waals surface area contributed by atoms with Crippen molar-refractivity contribution in [1.29, 1.82) is 0 Å². The number of nitrogen functional groups attached to an aromatic ring is 1. The third-order valence-electron chi connectivity index (χ3n) is 4.90. The SMILES string of the molecule is Cc1c(N)cc(S(=O)(=O)N(Cc2ccccc2)C(C)C2CC2)cc1F. The summed E-state index contributed by atoms with van der Waals surface area (Å²) in [5, 5.41) is 0. The molecule has 0 heterocycles. The van der Waals surface area contributed by atoms with Crippen molar-refractivity contribution in [2.24, 2.45) is 5.92 Å². The predicted molar refractivity (Wildman–Crippen MR) is 96.9 cm³/mol. The van der Waals surface area contributed by atoms with E-state index in [0.29, 0.717) is 5.92 Å². The third kappa shape index (κ3) is 3.70. The third-order valence-corrected chi connectivity index (χ3v) is 6.81. The molecule has 1 unspecified atom stereocenters. The van der Waals surface area contributed by atoms with Gasteiger partial charge in [-0.25, -0.2) is 12.8 Å². The van der Waals surface area contributed by atoms with Gasteiger partial charge in [0.15, 0.2) is 0 Å². The number of nitrogens with zero attached hydrogens (tertiary/aromatic N) is 1. The second kappa shape index (κ2) is 6.77. The lowest BCUT2D eigenvalue weighted by Gasteiger charge is -2.29. The van der Waals surface area contributed by atoms with E-state index in [1.807, 2.05) is 37.3 Å². The van der Waals surface area contributed by atoms with Crippen LogP contribution in [0.25, 0.3) is 0 Å². The highest BCUT2D eigenvalue weighted by Gasteiger charge is 2.38. The van der Waals surface area contributed by atoms with Gasteiger partial charge in [-0.05, 0) is 50.3 Å². The second-order valence-corrected chi connectivity index (χ2v) is 8.62. The quantitative estimate of drug-likeness (QED) is 0.797. The van der Waals surface area contributed by atoms with Crippen molar-refractivity contribution in [3.05, 3.63) is 59.4 Å². The highest BCUT2D eigenvalue weighted by molar-refractivity contribution is 7.89. The Morgan fingerprint density at radius 2 is 1.88 bits per heavy atom. The van der Waals surface area contributed by atoms with Crippen LogP contribution in [0.15, 0.2) is 47.4 Å². The van der Waals surface area contributed by atoms with E-state index < -0.39 is 15.8 Å². The molecule has 134 valence electrons. The van der Waals surface area contributed by atoms with Crippen molar-refractivity contribution >= 4 is 15.7 Å². The van der Waals surface area contributed by atoms with Crippen LogP contribution in [0.5, 0.6) is 0 Å². The highest BCUT2D eigenvalue weighted by atomic mass is 32.2. The first-order valence-electron chi connectivity index (χ1n) is 8.42. The molecule has 4 nitrogen and oxygen atoms in total. The first-order chi connectivity index (χ1) is 11.8. The molecule has 25 heavy (non-hydrogen) atoms. The van der Waals surface area contributed by atoms with Crippen LogP contribution in [0.1, 0.15) is 30.9 Å². The van der Waals surface area contributed by atoms with Gasteiger partial charge in [0, 0.05) is 23.8 Å². The minimum absolute atomic E-state index is 0.0865. The predicted octanol–water partition coefficient (Wildman–Crippen LogP) is 3.71. The standard InChI is InChI=1S/C19H23FN2O2S/c1-13-18(20)10-17(11-19(13)21)25(23,24)22(14(2)16-8-9-16)12-15-6-4-3-5-7-15/h3-7,10-11,14,16H,8-9,12,21H2,1-2H3. The van der Waals surface area contributed by atoms with Gasteiger partial charge >= 0.3 is 0 Å². The lowest BCUT2D eigenvalue weighted by Crippen LogP contribution is -2.39. The van der Waals surface area contributed by atoms with Crippen molar-refractivity contribution in [3.63, 3.8) is 0 Å². The molecule has 0 bridgehead atoms. The summed E-state index contributed by atoms with van der Waals surface area (Å²) in [5.41, 5.74) is 7.12. The van der Waals surface area contributed by atoms with Crippen LogP contribution < -0.4 is 5.73 Å². The van der Waals surface area contributed by atoms with E-state index in [9.17, 15) is 12.8 Å². The maximum Gasteiger partial charge on any atom is 0.243 e. The van der Waals surface area contributed by atoms with Crippen LogP contribution in [-0.4, -0.2) is 18.8 Å². The van der Waals surface area contributed by atoms with E-state index in [4.69, 9.17) is 5.73 Å². The summed E-state index contributed by atoms with van der Waals surface area (Å²) in [6.45, 7) is 3.72. The first-order valence-corrected chi connectivity index (χ1v) is 9.86. The fourth-order valence-corrected chi connectivity index (χ4v) is 4.71. The molecule has 6 heteroatoms. The molecule has 2 N–H and O–H groups in total. The van der Waals surface area contributed by atoms with Crippen LogP contribution in [0, 0.1) is 18.7 Å². The molecule has 1 atom stereocenters. The number of halogens is 1. The molecule has 0 saturated heterocycles. The molecule has 1 aliphatic carbocycles. The molecule has 2 aromatic carbocycles. The summed E-state index contributed by atoms with van der Waals surface area (Å²) in [4.78, 5) is -0.0865. The number of hydrogen-bond acceptors (Lipinski definition) is 3. The topological polar surface area (TPSA) is 63.4 Å². The van der Waals surface area contributed by atoms with E-state index in [-0.39, 0.29) is 28.7 Å². The van der Waals surface area contributed by atoms with Gasteiger partial charge in [-0.15, -0.1) is 0 Å². The molecular formula is C19H23FN2O2S. The van der Waals surface area contributed by atoms with E-state index in [0.717, 1.165) is 24.5 Å². The number of benzene rings is 2. The average Bonchev–Trinajstić information content (AvgIpc) is 3.42. The first kappa shape index (κ1) is 17.9. The maximum absolute atomic E-state index is 14.1. The van der Waals surface area contributed by atoms with Crippen molar-refractivity contribution < 1.29 is 12.8 Å². The Morgan fingerprint density at radius 3 is 2.44 bits per heavy atom. The van der Waals surface area contributed by atoms with Crippen molar-refractivity contribution in [2.45, 2.75) is 44.2 Å². The van der Waals surface area contributed by atoms with Gasteiger partial charge in [-0.2, -0.15) is 4.31 Å². The lowest BCUT2D eigenvalue weighted by molar-refractivity contribution is 0.303. The minimum Gasteiger partial charge on any atom is -0.398 e. The Kier molecular flexibility index (Phi) is 4.84. The minimum atomic E-state index is -3.85. The highest BCUT2D eigenvalue weighted by Crippen LogP contribution is 2.38. The van der Waals surface area contributed by atoms with Gasteiger partial charge in [0.2, 0.25) is 10.0 Å². The number of sulfonamides is 1. The van der Waals surface area contributed by atoms with Crippen molar-refractivity contribution in [1.82, 2.24) is 4.31 Å². The van der Waals surface area contributed by atoms with E-state index >= 15 is 0 Å². The number of anilines is 1. The summed E-state index contributed by atoms with van der Waals surface area (Å²) in [5.74, 6) is -0.247. The van der Waals surface area contributed by atoms with E-state index in [2.05, 4.69) is 0 Å². The average molecular weight is 362 g/mol. The molecule has 1 saturated carbocycles. The summed E-state index contributed by atoms with van der Waals surface area (Å²) in [7, 11) is -3.85. The smallest absolute Gasteiger partial charge is 0.243 e. The molecule has 1 fully saturated rings. The molecule has 0 amide bonds. The van der Waals surface area contributed by atoms with Gasteiger partial charge in [0.1, 0.15) is 5.82 Å². The molecular weight excluding hydrogens is 339 g/mol. The largest absolute Gasteiger partial charge is 0.398 e. The summed E-state index contributed by atoms with van der Waals surface area (Å²) in [6.07, 6.45) is 2.04. The molecule has 1 aliphatic rings. The van der Waals surface area contributed by atoms with Crippen molar-refractivity contribution in [2.75, 3.05) is 5.73 Å². The Morgan fingerprint density at radius 1 is 1.24 bits per heavy atom. The van der Waals surface area contributed by atoms with Gasteiger partial charge in [-0.1, -0.05) is 30.3 Å². The molecule has 0 aliphatic heterocycles. The summed E-state index contributed by atoms with van der Waals surface area (Å²) in [6, 6.07) is 11.7. The van der Waals surface area contributed by atoms with E-state index in [1.54, 1.807) is 0 Å². The fourth-order valence-electron chi connectivity index (χ4n) is 2.98. The number of hydrogen-bond donors (Lipinski definition) is 1. The normalized spacial score (nSPS) is 16.2. The Labute approximate surface area is 148 Å². The number of rotatable bonds is 6. The summed E-state index contributed by atoms with van der Waals surface area (Å²) >= 11 is 0. The zero-order valence-corrected chi connectivity index (χ0v) is 15.3. The number of nitrogens with two attached hydrogens (primary N) is 1. The van der Waals surface area contributed by atoms with Crippen LogP contribution in [0.4, 0.5) is 10.1 Å². The maximum atomic E-state index is 14.1. The Hall–Kier alpha value is -1.92. The van der Waals surface area contributed by atoms with Gasteiger partial charge < -0.3 is 5.73 Å². The Bertz CT molecular complexity index is 841. The molecule has 0 spiro atoms. The summed E-state index contributed by atoms with van der Waals surface area (Å²) < 4.78 is 42.0. The molecule has 3 rings (SSSR count). The zero-order valence-electron chi connectivity index (χ0n) is 14.4. The van der Waals surface area contributed by atoms with Gasteiger partial charge in [0.05, 0.1) is 4.90 Å². The Balaban J connectivity index is 2.01.